The van der Waals surface area contributed by atoms with Gasteiger partial charge in [-0.3, -0.25) is 4.90 Å². The van der Waals surface area contributed by atoms with Gasteiger partial charge in [0.2, 0.25) is 6.39 Å². The quantitative estimate of drug-likeness (QED) is 0.934. The second-order valence-corrected chi connectivity index (χ2v) is 5.96. The van der Waals surface area contributed by atoms with Gasteiger partial charge in [0.15, 0.2) is 5.82 Å². The normalized spacial score (nSPS) is 23.6. The van der Waals surface area contributed by atoms with E-state index in [1.807, 2.05) is 0 Å². The fraction of sp³-hybridized carbons (Fsp3) is 0.500. The van der Waals surface area contributed by atoms with E-state index in [1.54, 1.807) is 0 Å². The summed E-state index contributed by atoms with van der Waals surface area (Å²) in [4.78, 5) is 6.62. The predicted molar refractivity (Wildman–Crippen MR) is 80.5 cm³/mol. The van der Waals surface area contributed by atoms with Crippen LogP contribution in [-0.4, -0.2) is 34.2 Å². The van der Waals surface area contributed by atoms with E-state index >= 15 is 0 Å². The largest absolute Gasteiger partial charge is 0.343 e. The first kappa shape index (κ1) is 14.2. The number of benzene rings is 1. The molecule has 5 heteroatoms. The molecule has 21 heavy (non-hydrogen) atoms. The third kappa shape index (κ3) is 3.31. The van der Waals surface area contributed by atoms with E-state index in [4.69, 9.17) is 4.52 Å². The zero-order valence-electron chi connectivity index (χ0n) is 12.6. The zero-order valence-corrected chi connectivity index (χ0v) is 12.6. The minimum atomic E-state index is 0.355. The summed E-state index contributed by atoms with van der Waals surface area (Å²) in [5.74, 6) is 1.34. The van der Waals surface area contributed by atoms with E-state index in [9.17, 15) is 0 Å². The Balaban J connectivity index is 1.75. The first-order chi connectivity index (χ1) is 10.2. The summed E-state index contributed by atoms with van der Waals surface area (Å²) >= 11 is 0. The summed E-state index contributed by atoms with van der Waals surface area (Å²) in [6.07, 6.45) is 1.40. The summed E-state index contributed by atoms with van der Waals surface area (Å²) in [6.45, 7) is 7.21. The molecular weight excluding hydrogens is 264 g/mol. The van der Waals surface area contributed by atoms with Crippen LogP contribution in [0.5, 0.6) is 0 Å². The summed E-state index contributed by atoms with van der Waals surface area (Å²) < 4.78 is 4.86. The van der Waals surface area contributed by atoms with E-state index in [0.29, 0.717) is 18.0 Å². The lowest BCUT2D eigenvalue weighted by molar-refractivity contribution is 0.0876. The summed E-state index contributed by atoms with van der Waals surface area (Å²) in [6, 6.07) is 11.4. The number of hydrogen-bond donors (Lipinski definition) is 1. The minimum Gasteiger partial charge on any atom is -0.343 e. The molecule has 0 saturated carbocycles. The summed E-state index contributed by atoms with van der Waals surface area (Å²) in [7, 11) is 0. The molecule has 3 rings (SSSR count). The fourth-order valence-corrected chi connectivity index (χ4v) is 3.02. The van der Waals surface area contributed by atoms with Crippen LogP contribution in [0.25, 0.3) is 0 Å². The molecule has 2 heterocycles. The average Bonchev–Trinajstić information content (AvgIpc) is 3.01. The number of hydrogen-bond acceptors (Lipinski definition) is 5. The molecule has 2 atom stereocenters. The molecule has 0 amide bonds. The molecule has 1 aliphatic rings. The molecule has 1 aliphatic heterocycles. The Kier molecular flexibility index (Phi) is 4.31. The van der Waals surface area contributed by atoms with Gasteiger partial charge in [-0.25, -0.2) is 0 Å². The molecule has 2 unspecified atom stereocenters. The fourth-order valence-electron chi connectivity index (χ4n) is 3.02. The molecule has 1 aromatic heterocycles. The van der Waals surface area contributed by atoms with Crippen LogP contribution in [0.15, 0.2) is 41.2 Å². The monoisotopic (exact) mass is 286 g/mol. The van der Waals surface area contributed by atoms with Gasteiger partial charge in [-0.15, -0.1) is 0 Å². The summed E-state index contributed by atoms with van der Waals surface area (Å²) in [5.41, 5.74) is 1.33. The number of nitrogens with zero attached hydrogens (tertiary/aromatic N) is 3. The predicted octanol–water partition coefficient (Wildman–Crippen LogP) is 2.24. The van der Waals surface area contributed by atoms with Gasteiger partial charge < -0.3 is 9.84 Å². The molecular formula is C16H22N4O. The molecule has 5 nitrogen and oxygen atoms in total. The van der Waals surface area contributed by atoms with Crippen molar-refractivity contribution in [3.63, 3.8) is 0 Å². The van der Waals surface area contributed by atoms with Crippen LogP contribution in [0.4, 0.5) is 0 Å². The Hall–Kier alpha value is -1.72. The second kappa shape index (κ2) is 6.37. The maximum absolute atomic E-state index is 4.86. The standard InChI is InChI=1S/C16H22N4O/c1-12(2)15-8-17-14(13-6-4-3-5-7-13)9-20(15)10-16-18-11-21-19-16/h3-7,11-12,14-15,17H,8-10H2,1-2H3. The first-order valence-electron chi connectivity index (χ1n) is 7.51. The van der Waals surface area contributed by atoms with E-state index in [0.717, 1.165) is 25.5 Å². The van der Waals surface area contributed by atoms with Gasteiger partial charge in [-0.05, 0) is 11.5 Å². The molecule has 1 saturated heterocycles. The Morgan fingerprint density at radius 1 is 1.33 bits per heavy atom. The Morgan fingerprint density at radius 3 is 2.81 bits per heavy atom. The van der Waals surface area contributed by atoms with Crippen molar-refractivity contribution in [1.29, 1.82) is 0 Å². The number of nitrogens with one attached hydrogen (secondary N) is 1. The Labute approximate surface area is 125 Å². The van der Waals surface area contributed by atoms with Gasteiger partial charge in [0.25, 0.3) is 0 Å². The van der Waals surface area contributed by atoms with Gasteiger partial charge in [-0.2, -0.15) is 4.98 Å². The van der Waals surface area contributed by atoms with Crippen molar-refractivity contribution in [2.24, 2.45) is 5.92 Å². The van der Waals surface area contributed by atoms with Crippen molar-refractivity contribution >= 4 is 0 Å². The smallest absolute Gasteiger partial charge is 0.213 e. The van der Waals surface area contributed by atoms with Crippen LogP contribution >= 0.6 is 0 Å². The van der Waals surface area contributed by atoms with Crippen molar-refractivity contribution < 1.29 is 4.52 Å². The van der Waals surface area contributed by atoms with Gasteiger partial charge in [-0.1, -0.05) is 49.3 Å². The molecule has 1 fully saturated rings. The molecule has 2 aromatic rings. The average molecular weight is 286 g/mol. The lowest BCUT2D eigenvalue weighted by atomic mass is 9.95. The van der Waals surface area contributed by atoms with Crippen LogP contribution in [0, 0.1) is 5.92 Å². The number of aromatic nitrogens is 2. The van der Waals surface area contributed by atoms with E-state index in [-0.39, 0.29) is 0 Å². The lowest BCUT2D eigenvalue weighted by Gasteiger charge is -2.42. The highest BCUT2D eigenvalue weighted by atomic mass is 16.5. The highest BCUT2D eigenvalue weighted by Crippen LogP contribution is 2.24. The van der Waals surface area contributed by atoms with E-state index in [2.05, 4.69) is 64.5 Å². The molecule has 0 aliphatic carbocycles. The van der Waals surface area contributed by atoms with Crippen molar-refractivity contribution in [2.75, 3.05) is 13.1 Å². The van der Waals surface area contributed by atoms with Crippen molar-refractivity contribution in [2.45, 2.75) is 32.5 Å². The van der Waals surface area contributed by atoms with Gasteiger partial charge in [0.1, 0.15) is 0 Å². The van der Waals surface area contributed by atoms with Crippen LogP contribution in [0.2, 0.25) is 0 Å². The van der Waals surface area contributed by atoms with Crippen LogP contribution in [0.1, 0.15) is 31.3 Å². The molecule has 0 bridgehead atoms. The third-order valence-electron chi connectivity index (χ3n) is 4.18. The summed E-state index contributed by atoms with van der Waals surface area (Å²) in [5, 5.41) is 7.62. The highest BCUT2D eigenvalue weighted by molar-refractivity contribution is 5.20. The maximum Gasteiger partial charge on any atom is 0.213 e. The Morgan fingerprint density at radius 2 is 2.14 bits per heavy atom. The van der Waals surface area contributed by atoms with Crippen molar-refractivity contribution in [1.82, 2.24) is 20.4 Å². The van der Waals surface area contributed by atoms with Crippen LogP contribution in [-0.2, 0) is 6.54 Å². The van der Waals surface area contributed by atoms with Crippen LogP contribution in [0.3, 0.4) is 0 Å². The number of rotatable bonds is 4. The molecule has 0 radical (unpaired) electrons. The van der Waals surface area contributed by atoms with Crippen molar-refractivity contribution in [3.8, 4) is 0 Å². The molecule has 1 N–H and O–H groups in total. The maximum atomic E-state index is 4.86. The third-order valence-corrected chi connectivity index (χ3v) is 4.18. The SMILES string of the molecule is CC(C)C1CNC(c2ccccc2)CN1Cc1ncon1. The van der Waals surface area contributed by atoms with Gasteiger partial charge in [0, 0.05) is 25.2 Å². The minimum absolute atomic E-state index is 0.355. The molecule has 1 aromatic carbocycles. The zero-order chi connectivity index (χ0) is 14.7. The number of piperazine rings is 1. The second-order valence-electron chi connectivity index (χ2n) is 5.96. The topological polar surface area (TPSA) is 54.2 Å². The van der Waals surface area contributed by atoms with E-state index in [1.165, 1.54) is 12.0 Å². The first-order valence-corrected chi connectivity index (χ1v) is 7.51. The molecule has 0 spiro atoms. The Bertz CT molecular complexity index is 541. The van der Waals surface area contributed by atoms with Gasteiger partial charge >= 0.3 is 0 Å². The lowest BCUT2D eigenvalue weighted by Crippen LogP contribution is -2.54. The van der Waals surface area contributed by atoms with Crippen molar-refractivity contribution in [3.05, 3.63) is 48.1 Å². The van der Waals surface area contributed by atoms with Crippen LogP contribution < -0.4 is 5.32 Å². The molecule has 112 valence electrons. The van der Waals surface area contributed by atoms with Gasteiger partial charge in [0.05, 0.1) is 6.54 Å². The highest BCUT2D eigenvalue weighted by Gasteiger charge is 2.31. The van der Waals surface area contributed by atoms with E-state index < -0.39 is 0 Å².